The number of benzene rings is 1. The third-order valence-corrected chi connectivity index (χ3v) is 3.81. The summed E-state index contributed by atoms with van der Waals surface area (Å²) in [6, 6.07) is 10.4. The number of nitro groups is 1. The summed E-state index contributed by atoms with van der Waals surface area (Å²) in [6.07, 6.45) is 0.624. The second kappa shape index (κ2) is 9.65. The predicted molar refractivity (Wildman–Crippen MR) is 99.3 cm³/mol. The third-order valence-electron chi connectivity index (χ3n) is 3.16. The number of hydrogen-bond acceptors (Lipinski definition) is 5. The SMILES string of the molecule is O.O=C(NC(NCc1ccccn1)C(Cl)(Cl)Cl)c1ccc([N+](=O)[O-])cc1. The standard InChI is InChI=1S/C15H13Cl3N4O3.H2O/c16-15(17,18)14(20-9-11-3-1-2-8-19-11)21-13(23)10-4-6-12(7-5-10)22(24)25;/h1-8,14,20H,9H2,(H,21,23);1H2. The molecule has 1 atom stereocenters. The molecule has 0 aliphatic heterocycles. The van der Waals surface area contributed by atoms with Gasteiger partial charge in [0.25, 0.3) is 11.6 Å². The minimum atomic E-state index is -1.81. The van der Waals surface area contributed by atoms with Gasteiger partial charge in [-0.1, -0.05) is 40.9 Å². The van der Waals surface area contributed by atoms with E-state index in [9.17, 15) is 14.9 Å². The highest BCUT2D eigenvalue weighted by molar-refractivity contribution is 6.68. The maximum absolute atomic E-state index is 12.3. The Morgan fingerprint density at radius 2 is 1.85 bits per heavy atom. The zero-order valence-electron chi connectivity index (χ0n) is 13.2. The van der Waals surface area contributed by atoms with Crippen LogP contribution >= 0.6 is 34.8 Å². The second-order valence-corrected chi connectivity index (χ2v) is 7.32. The zero-order chi connectivity index (χ0) is 18.4. The summed E-state index contributed by atoms with van der Waals surface area (Å²) in [5.41, 5.74) is 0.776. The first-order valence-electron chi connectivity index (χ1n) is 7.02. The normalized spacial score (nSPS) is 12.0. The van der Waals surface area contributed by atoms with Crippen LogP contribution in [0.1, 0.15) is 16.1 Å². The molecule has 0 aliphatic rings. The molecule has 0 aliphatic carbocycles. The van der Waals surface area contributed by atoms with Crippen LogP contribution in [0.4, 0.5) is 5.69 Å². The fourth-order valence-corrected chi connectivity index (χ4v) is 2.30. The van der Waals surface area contributed by atoms with Gasteiger partial charge in [0.1, 0.15) is 6.17 Å². The van der Waals surface area contributed by atoms with Crippen LogP contribution in [0.15, 0.2) is 48.7 Å². The van der Waals surface area contributed by atoms with Crippen molar-refractivity contribution in [2.24, 2.45) is 0 Å². The van der Waals surface area contributed by atoms with E-state index in [4.69, 9.17) is 34.8 Å². The van der Waals surface area contributed by atoms with E-state index in [2.05, 4.69) is 15.6 Å². The molecule has 2 aromatic rings. The number of pyridine rings is 1. The Hall–Kier alpha value is -1.97. The Labute approximate surface area is 163 Å². The first-order chi connectivity index (χ1) is 11.8. The minimum absolute atomic E-state index is 0. The van der Waals surface area contributed by atoms with Gasteiger partial charge >= 0.3 is 0 Å². The first kappa shape index (κ1) is 22.1. The average molecular weight is 422 g/mol. The van der Waals surface area contributed by atoms with Crippen molar-refractivity contribution in [3.63, 3.8) is 0 Å². The van der Waals surface area contributed by atoms with Gasteiger partial charge < -0.3 is 10.8 Å². The molecule has 1 unspecified atom stereocenters. The van der Waals surface area contributed by atoms with Crippen LogP contribution in [0.3, 0.4) is 0 Å². The summed E-state index contributed by atoms with van der Waals surface area (Å²) in [5, 5.41) is 16.1. The number of halogens is 3. The summed E-state index contributed by atoms with van der Waals surface area (Å²) < 4.78 is -1.81. The quantitative estimate of drug-likeness (QED) is 0.320. The van der Waals surface area contributed by atoms with Crippen LogP contribution in [-0.2, 0) is 6.54 Å². The van der Waals surface area contributed by atoms with E-state index < -0.39 is 20.8 Å². The van der Waals surface area contributed by atoms with Gasteiger partial charge in [0.05, 0.1) is 10.6 Å². The monoisotopic (exact) mass is 420 g/mol. The number of alkyl halides is 3. The Morgan fingerprint density at radius 1 is 1.19 bits per heavy atom. The van der Waals surface area contributed by atoms with Crippen LogP contribution in [0, 0.1) is 10.1 Å². The van der Waals surface area contributed by atoms with E-state index in [0.717, 1.165) is 0 Å². The summed E-state index contributed by atoms with van der Waals surface area (Å²) >= 11 is 17.7. The largest absolute Gasteiger partial charge is 0.412 e. The number of amides is 1. The molecule has 1 aromatic carbocycles. The molecule has 0 bridgehead atoms. The lowest BCUT2D eigenvalue weighted by Gasteiger charge is -2.26. The summed E-state index contributed by atoms with van der Waals surface area (Å²) in [7, 11) is 0. The molecule has 26 heavy (non-hydrogen) atoms. The molecule has 1 amide bonds. The lowest BCUT2D eigenvalue weighted by atomic mass is 10.2. The maximum atomic E-state index is 12.3. The van der Waals surface area contributed by atoms with Crippen LogP contribution in [0.2, 0.25) is 0 Å². The molecule has 0 saturated heterocycles. The number of carbonyl (C=O) groups excluding carboxylic acids is 1. The van der Waals surface area contributed by atoms with Crippen molar-refractivity contribution in [3.05, 3.63) is 70.0 Å². The van der Waals surface area contributed by atoms with Gasteiger partial charge in [0.2, 0.25) is 3.79 Å². The Balaban J connectivity index is 0.00000338. The van der Waals surface area contributed by atoms with Gasteiger partial charge in [0.15, 0.2) is 0 Å². The molecule has 11 heteroatoms. The van der Waals surface area contributed by atoms with Crippen molar-refractivity contribution >= 4 is 46.4 Å². The zero-order valence-corrected chi connectivity index (χ0v) is 15.4. The van der Waals surface area contributed by atoms with Crippen LogP contribution < -0.4 is 10.6 Å². The molecule has 8 nitrogen and oxygen atoms in total. The van der Waals surface area contributed by atoms with Crippen molar-refractivity contribution in [2.45, 2.75) is 16.5 Å². The highest BCUT2D eigenvalue weighted by Gasteiger charge is 2.34. The molecule has 140 valence electrons. The molecule has 0 spiro atoms. The van der Waals surface area contributed by atoms with Crippen LogP contribution in [0.25, 0.3) is 0 Å². The van der Waals surface area contributed by atoms with Gasteiger partial charge in [-0.25, -0.2) is 0 Å². The predicted octanol–water partition coefficient (Wildman–Crippen LogP) is 2.38. The van der Waals surface area contributed by atoms with E-state index in [1.165, 1.54) is 24.3 Å². The summed E-state index contributed by atoms with van der Waals surface area (Å²) in [6.45, 7) is 0.264. The first-order valence-corrected chi connectivity index (χ1v) is 8.16. The van der Waals surface area contributed by atoms with Crippen LogP contribution in [0.5, 0.6) is 0 Å². The number of non-ortho nitro benzene ring substituents is 1. The van der Waals surface area contributed by atoms with Crippen molar-refractivity contribution in [1.82, 2.24) is 15.6 Å². The molecule has 0 saturated carbocycles. The highest BCUT2D eigenvalue weighted by atomic mass is 35.6. The van der Waals surface area contributed by atoms with Gasteiger partial charge in [-0.2, -0.15) is 0 Å². The molecular weight excluding hydrogens is 407 g/mol. The topological polar surface area (TPSA) is 129 Å². The fourth-order valence-electron chi connectivity index (χ4n) is 1.91. The van der Waals surface area contributed by atoms with Crippen molar-refractivity contribution < 1.29 is 15.2 Å². The number of nitro benzene ring substituents is 1. The number of nitrogens with zero attached hydrogens (tertiary/aromatic N) is 2. The lowest BCUT2D eigenvalue weighted by Crippen LogP contribution is -2.53. The van der Waals surface area contributed by atoms with Crippen molar-refractivity contribution in [3.8, 4) is 0 Å². The van der Waals surface area contributed by atoms with E-state index >= 15 is 0 Å². The molecule has 2 rings (SSSR count). The molecule has 0 radical (unpaired) electrons. The third kappa shape index (κ3) is 6.40. The molecule has 4 N–H and O–H groups in total. The van der Waals surface area contributed by atoms with Gasteiger partial charge in [0, 0.05) is 30.4 Å². The molecule has 0 fully saturated rings. The van der Waals surface area contributed by atoms with Crippen molar-refractivity contribution in [2.75, 3.05) is 0 Å². The average Bonchev–Trinajstić information content (AvgIpc) is 2.58. The Kier molecular flexibility index (Phi) is 8.19. The summed E-state index contributed by atoms with van der Waals surface area (Å²) in [5.74, 6) is -0.542. The number of carbonyl (C=O) groups is 1. The maximum Gasteiger partial charge on any atom is 0.269 e. The minimum Gasteiger partial charge on any atom is -0.412 e. The van der Waals surface area contributed by atoms with Gasteiger partial charge in [-0.3, -0.25) is 25.2 Å². The second-order valence-electron chi connectivity index (χ2n) is 4.95. The van der Waals surface area contributed by atoms with Gasteiger partial charge in [-0.15, -0.1) is 0 Å². The summed E-state index contributed by atoms with van der Waals surface area (Å²) in [4.78, 5) is 26.5. The van der Waals surface area contributed by atoms with Gasteiger partial charge in [-0.05, 0) is 24.3 Å². The van der Waals surface area contributed by atoms with Crippen LogP contribution in [-0.4, -0.2) is 31.2 Å². The van der Waals surface area contributed by atoms with Crippen molar-refractivity contribution in [1.29, 1.82) is 0 Å². The van der Waals surface area contributed by atoms with E-state index in [1.807, 2.05) is 6.07 Å². The number of nitrogens with one attached hydrogen (secondary N) is 2. The van der Waals surface area contributed by atoms with E-state index in [-0.39, 0.29) is 23.3 Å². The molecule has 1 aromatic heterocycles. The number of hydrogen-bond donors (Lipinski definition) is 2. The number of aromatic nitrogens is 1. The lowest BCUT2D eigenvalue weighted by molar-refractivity contribution is -0.384. The van der Waals surface area contributed by atoms with E-state index in [0.29, 0.717) is 5.69 Å². The highest BCUT2D eigenvalue weighted by Crippen LogP contribution is 2.29. The number of rotatable bonds is 6. The molecular formula is C15H15Cl3N4O4. The Bertz CT molecular complexity index is 739. The smallest absolute Gasteiger partial charge is 0.269 e. The van der Waals surface area contributed by atoms with E-state index in [1.54, 1.807) is 18.3 Å². The molecule has 1 heterocycles. The Morgan fingerprint density at radius 3 is 2.35 bits per heavy atom. The fraction of sp³-hybridized carbons (Fsp3) is 0.200.